The van der Waals surface area contributed by atoms with Crippen molar-refractivity contribution in [3.8, 4) is 11.5 Å². The van der Waals surface area contributed by atoms with Crippen LogP contribution >= 0.6 is 0 Å². The predicted molar refractivity (Wildman–Crippen MR) is 95.1 cm³/mol. The van der Waals surface area contributed by atoms with Crippen LogP contribution in [0.1, 0.15) is 18.4 Å². The van der Waals surface area contributed by atoms with Crippen molar-refractivity contribution >= 4 is 11.6 Å². The third-order valence-corrected chi connectivity index (χ3v) is 4.32. The lowest BCUT2D eigenvalue weighted by atomic mass is 10.2. The van der Waals surface area contributed by atoms with Crippen molar-refractivity contribution in [3.05, 3.63) is 64.0 Å². The highest BCUT2D eigenvalue weighted by atomic mass is 19.1. The number of halogens is 1. The number of carbonyl (C=O) groups excluding carboxylic acids is 1. The van der Waals surface area contributed by atoms with Crippen LogP contribution in [-0.4, -0.2) is 35.5 Å². The first-order chi connectivity index (χ1) is 13.0. The second-order valence-electron chi connectivity index (χ2n) is 6.23. The SMILES string of the molecule is COc1ccc([N+](=O)[O-])cc1OCC(=O)N(Cc1ccccc1F)C1CC1. The van der Waals surface area contributed by atoms with Gasteiger partial charge in [-0.05, 0) is 25.0 Å². The number of non-ortho nitro benzene ring substituents is 1. The summed E-state index contributed by atoms with van der Waals surface area (Å²) >= 11 is 0. The molecule has 8 heteroatoms. The van der Waals surface area contributed by atoms with E-state index in [4.69, 9.17) is 9.47 Å². The van der Waals surface area contributed by atoms with Gasteiger partial charge < -0.3 is 14.4 Å². The maximum absolute atomic E-state index is 13.9. The van der Waals surface area contributed by atoms with E-state index in [1.54, 1.807) is 23.1 Å². The zero-order valence-corrected chi connectivity index (χ0v) is 14.8. The van der Waals surface area contributed by atoms with Crippen LogP contribution in [-0.2, 0) is 11.3 Å². The first kappa shape index (κ1) is 18.6. The normalized spacial score (nSPS) is 13.1. The average molecular weight is 374 g/mol. The third-order valence-electron chi connectivity index (χ3n) is 4.32. The van der Waals surface area contributed by atoms with Crippen molar-refractivity contribution in [2.75, 3.05) is 13.7 Å². The van der Waals surface area contributed by atoms with Crippen LogP contribution in [0.2, 0.25) is 0 Å². The van der Waals surface area contributed by atoms with Crippen molar-refractivity contribution in [1.82, 2.24) is 4.90 Å². The number of nitro groups is 1. The fraction of sp³-hybridized carbons (Fsp3) is 0.316. The molecule has 142 valence electrons. The topological polar surface area (TPSA) is 81.9 Å². The molecule has 27 heavy (non-hydrogen) atoms. The number of rotatable bonds is 8. The monoisotopic (exact) mass is 374 g/mol. The van der Waals surface area contributed by atoms with Gasteiger partial charge in [-0.25, -0.2) is 4.39 Å². The lowest BCUT2D eigenvalue weighted by Gasteiger charge is -2.23. The molecule has 1 fully saturated rings. The predicted octanol–water partition coefficient (Wildman–Crippen LogP) is 3.31. The van der Waals surface area contributed by atoms with Gasteiger partial charge in [0.05, 0.1) is 18.1 Å². The van der Waals surface area contributed by atoms with E-state index in [-0.39, 0.29) is 42.4 Å². The molecule has 1 amide bonds. The first-order valence-corrected chi connectivity index (χ1v) is 8.47. The lowest BCUT2D eigenvalue weighted by Crippen LogP contribution is -2.36. The summed E-state index contributed by atoms with van der Waals surface area (Å²) in [6.07, 6.45) is 1.72. The Labute approximate surface area is 155 Å². The van der Waals surface area contributed by atoms with Gasteiger partial charge in [-0.15, -0.1) is 0 Å². The third kappa shape index (κ3) is 4.52. The van der Waals surface area contributed by atoms with Crippen LogP contribution in [0.25, 0.3) is 0 Å². The minimum atomic E-state index is -0.553. The van der Waals surface area contributed by atoms with Gasteiger partial charge in [0.2, 0.25) is 0 Å². The Morgan fingerprint density at radius 1 is 1.26 bits per heavy atom. The summed E-state index contributed by atoms with van der Waals surface area (Å²) < 4.78 is 24.5. The number of carbonyl (C=O) groups is 1. The van der Waals surface area contributed by atoms with Crippen molar-refractivity contribution in [2.24, 2.45) is 0 Å². The van der Waals surface area contributed by atoms with E-state index in [1.165, 1.54) is 31.4 Å². The van der Waals surface area contributed by atoms with E-state index in [0.29, 0.717) is 11.3 Å². The molecule has 0 radical (unpaired) electrons. The van der Waals surface area contributed by atoms with E-state index >= 15 is 0 Å². The number of hydrogen-bond donors (Lipinski definition) is 0. The maximum atomic E-state index is 13.9. The molecule has 0 bridgehead atoms. The number of nitro benzene ring substituents is 1. The molecule has 0 saturated heterocycles. The van der Waals surface area contributed by atoms with Crippen molar-refractivity contribution in [1.29, 1.82) is 0 Å². The molecule has 2 aromatic carbocycles. The van der Waals surface area contributed by atoms with E-state index in [0.717, 1.165) is 12.8 Å². The van der Waals surface area contributed by atoms with E-state index in [1.807, 2.05) is 0 Å². The van der Waals surface area contributed by atoms with Crippen LogP contribution in [0, 0.1) is 15.9 Å². The number of ether oxygens (including phenoxy) is 2. The van der Waals surface area contributed by atoms with Gasteiger partial charge in [0, 0.05) is 24.2 Å². The fourth-order valence-corrected chi connectivity index (χ4v) is 2.73. The molecule has 0 spiro atoms. The molecule has 0 atom stereocenters. The summed E-state index contributed by atoms with van der Waals surface area (Å²) in [5.74, 6) is -0.270. The minimum Gasteiger partial charge on any atom is -0.493 e. The first-order valence-electron chi connectivity index (χ1n) is 8.47. The standard InChI is InChI=1S/C19H19FN2O5/c1-26-17-9-8-15(22(24)25)10-18(17)27-12-19(23)21(14-6-7-14)11-13-4-2-3-5-16(13)20/h2-5,8-10,14H,6-7,11-12H2,1H3. The molecule has 0 aliphatic heterocycles. The van der Waals surface area contributed by atoms with Crippen LogP contribution in [0.3, 0.4) is 0 Å². The largest absolute Gasteiger partial charge is 0.493 e. The molecule has 7 nitrogen and oxygen atoms in total. The molecule has 1 aliphatic carbocycles. The van der Waals surface area contributed by atoms with Crippen LogP contribution in [0.4, 0.5) is 10.1 Å². The van der Waals surface area contributed by atoms with E-state index in [9.17, 15) is 19.3 Å². The van der Waals surface area contributed by atoms with Gasteiger partial charge in [0.25, 0.3) is 11.6 Å². The molecule has 1 aliphatic rings. The van der Waals surface area contributed by atoms with Gasteiger partial charge >= 0.3 is 0 Å². The Morgan fingerprint density at radius 3 is 2.63 bits per heavy atom. The maximum Gasteiger partial charge on any atom is 0.273 e. The Hall–Kier alpha value is -3.16. The Morgan fingerprint density at radius 2 is 2.00 bits per heavy atom. The molecule has 0 heterocycles. The smallest absolute Gasteiger partial charge is 0.273 e. The average Bonchev–Trinajstić information content (AvgIpc) is 3.50. The summed E-state index contributed by atoms with van der Waals surface area (Å²) in [5.41, 5.74) is 0.273. The van der Waals surface area contributed by atoms with Gasteiger partial charge in [-0.2, -0.15) is 0 Å². The molecule has 2 aromatic rings. The van der Waals surface area contributed by atoms with Crippen LogP contribution in [0.15, 0.2) is 42.5 Å². The second kappa shape index (κ2) is 8.03. The number of hydrogen-bond acceptors (Lipinski definition) is 5. The number of nitrogens with zero attached hydrogens (tertiary/aromatic N) is 2. The van der Waals surface area contributed by atoms with Gasteiger partial charge in [0.1, 0.15) is 5.82 Å². The number of benzene rings is 2. The Bertz CT molecular complexity index is 854. The molecular formula is C19H19FN2O5. The van der Waals surface area contributed by atoms with Crippen molar-refractivity contribution in [3.63, 3.8) is 0 Å². The molecule has 0 N–H and O–H groups in total. The molecular weight excluding hydrogens is 355 g/mol. The quantitative estimate of drug-likeness (QED) is 0.523. The van der Waals surface area contributed by atoms with E-state index < -0.39 is 4.92 Å². The zero-order chi connectivity index (χ0) is 19.4. The highest BCUT2D eigenvalue weighted by molar-refractivity contribution is 5.78. The zero-order valence-electron chi connectivity index (χ0n) is 14.8. The van der Waals surface area contributed by atoms with Crippen LogP contribution < -0.4 is 9.47 Å². The van der Waals surface area contributed by atoms with Crippen molar-refractivity contribution < 1.29 is 23.6 Å². The number of amides is 1. The molecule has 3 rings (SSSR count). The van der Waals surface area contributed by atoms with Gasteiger partial charge in [-0.3, -0.25) is 14.9 Å². The Kier molecular flexibility index (Phi) is 5.54. The fourth-order valence-electron chi connectivity index (χ4n) is 2.73. The highest BCUT2D eigenvalue weighted by Crippen LogP contribution is 2.32. The summed E-state index contributed by atoms with van der Waals surface area (Å²) in [6.45, 7) is -0.159. The summed E-state index contributed by atoms with van der Waals surface area (Å²) in [7, 11) is 1.41. The van der Waals surface area contributed by atoms with Gasteiger partial charge in [-0.1, -0.05) is 18.2 Å². The summed E-state index contributed by atoms with van der Waals surface area (Å²) in [5, 5.41) is 10.9. The minimum absolute atomic E-state index is 0.0627. The molecule has 0 unspecified atom stereocenters. The van der Waals surface area contributed by atoms with E-state index in [2.05, 4.69) is 0 Å². The Balaban J connectivity index is 1.71. The highest BCUT2D eigenvalue weighted by Gasteiger charge is 2.33. The summed E-state index contributed by atoms with van der Waals surface area (Å²) in [4.78, 5) is 24.6. The second-order valence-corrected chi connectivity index (χ2v) is 6.23. The van der Waals surface area contributed by atoms with Crippen LogP contribution in [0.5, 0.6) is 11.5 Å². The lowest BCUT2D eigenvalue weighted by molar-refractivity contribution is -0.385. The number of methoxy groups -OCH3 is 1. The molecule has 1 saturated carbocycles. The van der Waals surface area contributed by atoms with Gasteiger partial charge in [0.15, 0.2) is 18.1 Å². The summed E-state index contributed by atoms with van der Waals surface area (Å²) in [6, 6.07) is 10.3. The molecule has 0 aromatic heterocycles. The van der Waals surface area contributed by atoms with Crippen molar-refractivity contribution in [2.45, 2.75) is 25.4 Å².